The standard InChI is InChI=1S/C16H26N2/c1-16(2)11-15(12-17-3)9-10-18(16)13-14-7-5-4-6-8-14/h4-8,15,17H,9-13H2,1-3H3. The maximum absolute atomic E-state index is 3.32. The normalized spacial score (nSPS) is 24.1. The van der Waals surface area contributed by atoms with Gasteiger partial charge in [-0.25, -0.2) is 0 Å². The van der Waals surface area contributed by atoms with Crippen LogP contribution in [0.3, 0.4) is 0 Å². The second kappa shape index (κ2) is 5.85. The van der Waals surface area contributed by atoms with E-state index in [0.717, 1.165) is 19.0 Å². The molecule has 1 aliphatic rings. The summed E-state index contributed by atoms with van der Waals surface area (Å²) in [6.45, 7) is 8.23. The maximum Gasteiger partial charge on any atom is 0.0239 e. The molecule has 2 nitrogen and oxygen atoms in total. The lowest BCUT2D eigenvalue weighted by molar-refractivity contribution is 0.0401. The minimum absolute atomic E-state index is 0.315. The number of piperidine rings is 1. The minimum atomic E-state index is 0.315. The molecule has 0 saturated carbocycles. The summed E-state index contributed by atoms with van der Waals surface area (Å²) in [6.07, 6.45) is 2.61. The number of hydrogen-bond acceptors (Lipinski definition) is 2. The predicted molar refractivity (Wildman–Crippen MR) is 77.6 cm³/mol. The van der Waals surface area contributed by atoms with E-state index in [1.54, 1.807) is 0 Å². The zero-order valence-corrected chi connectivity index (χ0v) is 11.9. The van der Waals surface area contributed by atoms with Crippen LogP contribution in [-0.4, -0.2) is 30.6 Å². The highest BCUT2D eigenvalue weighted by Crippen LogP contribution is 2.32. The Bertz CT molecular complexity index is 359. The molecule has 18 heavy (non-hydrogen) atoms. The monoisotopic (exact) mass is 246 g/mol. The van der Waals surface area contributed by atoms with E-state index < -0.39 is 0 Å². The molecular formula is C16H26N2. The molecule has 1 fully saturated rings. The fourth-order valence-corrected chi connectivity index (χ4v) is 3.14. The second-order valence-corrected chi connectivity index (χ2v) is 6.14. The van der Waals surface area contributed by atoms with Gasteiger partial charge in [0.05, 0.1) is 0 Å². The molecule has 0 radical (unpaired) electrons. The summed E-state index contributed by atoms with van der Waals surface area (Å²) in [7, 11) is 2.06. The smallest absolute Gasteiger partial charge is 0.0239 e. The van der Waals surface area contributed by atoms with Gasteiger partial charge in [-0.2, -0.15) is 0 Å². The van der Waals surface area contributed by atoms with E-state index in [0.29, 0.717) is 5.54 Å². The summed E-state index contributed by atoms with van der Waals surface area (Å²) in [5.74, 6) is 0.831. The van der Waals surface area contributed by atoms with Crippen LogP contribution in [0.1, 0.15) is 32.3 Å². The van der Waals surface area contributed by atoms with Crippen molar-refractivity contribution in [2.45, 2.75) is 38.8 Å². The molecule has 100 valence electrons. The fraction of sp³-hybridized carbons (Fsp3) is 0.625. The van der Waals surface area contributed by atoms with Crippen molar-refractivity contribution in [2.24, 2.45) is 5.92 Å². The molecule has 2 heteroatoms. The summed E-state index contributed by atoms with van der Waals surface area (Å²) in [4.78, 5) is 2.63. The molecule has 1 N–H and O–H groups in total. The van der Waals surface area contributed by atoms with Crippen LogP contribution in [0.2, 0.25) is 0 Å². The molecule has 0 bridgehead atoms. The van der Waals surface area contributed by atoms with Crippen molar-refractivity contribution in [2.75, 3.05) is 20.1 Å². The molecule has 0 aliphatic carbocycles. The molecule has 1 unspecified atom stereocenters. The lowest BCUT2D eigenvalue weighted by atomic mass is 9.82. The predicted octanol–water partition coefficient (Wildman–Crippen LogP) is 2.90. The number of hydrogen-bond donors (Lipinski definition) is 1. The number of nitrogens with zero attached hydrogens (tertiary/aromatic N) is 1. The topological polar surface area (TPSA) is 15.3 Å². The highest BCUT2D eigenvalue weighted by Gasteiger charge is 2.34. The van der Waals surface area contributed by atoms with E-state index in [2.05, 4.69) is 61.4 Å². The van der Waals surface area contributed by atoms with Crippen LogP contribution in [0.4, 0.5) is 0 Å². The minimum Gasteiger partial charge on any atom is -0.319 e. The Morgan fingerprint density at radius 3 is 2.61 bits per heavy atom. The first kappa shape index (κ1) is 13.6. The lowest BCUT2D eigenvalue weighted by Gasteiger charge is -2.46. The van der Waals surface area contributed by atoms with Crippen LogP contribution in [0.15, 0.2) is 30.3 Å². The van der Waals surface area contributed by atoms with Gasteiger partial charge in [0.15, 0.2) is 0 Å². The molecule has 1 atom stereocenters. The average Bonchev–Trinajstić information content (AvgIpc) is 2.34. The highest BCUT2D eigenvalue weighted by atomic mass is 15.2. The van der Waals surface area contributed by atoms with Gasteiger partial charge in [-0.15, -0.1) is 0 Å². The van der Waals surface area contributed by atoms with Crippen molar-refractivity contribution in [3.05, 3.63) is 35.9 Å². The molecule has 1 aliphatic heterocycles. The molecule has 0 amide bonds. The molecule has 1 saturated heterocycles. The third kappa shape index (κ3) is 3.33. The quantitative estimate of drug-likeness (QED) is 0.879. The molecule has 2 rings (SSSR count). The first-order chi connectivity index (χ1) is 8.62. The van der Waals surface area contributed by atoms with Crippen molar-refractivity contribution in [1.82, 2.24) is 10.2 Å². The molecule has 0 spiro atoms. The zero-order valence-electron chi connectivity index (χ0n) is 11.9. The fourth-order valence-electron chi connectivity index (χ4n) is 3.14. The van der Waals surface area contributed by atoms with Gasteiger partial charge >= 0.3 is 0 Å². The van der Waals surface area contributed by atoms with Gasteiger partial charge in [-0.3, -0.25) is 4.90 Å². The van der Waals surface area contributed by atoms with Crippen molar-refractivity contribution in [3.63, 3.8) is 0 Å². The Morgan fingerprint density at radius 2 is 2.00 bits per heavy atom. The summed E-state index contributed by atoms with van der Waals surface area (Å²) in [5.41, 5.74) is 1.74. The largest absolute Gasteiger partial charge is 0.319 e. The van der Waals surface area contributed by atoms with Crippen LogP contribution in [0.5, 0.6) is 0 Å². The van der Waals surface area contributed by atoms with Crippen LogP contribution < -0.4 is 5.32 Å². The van der Waals surface area contributed by atoms with Gasteiger partial charge in [0, 0.05) is 12.1 Å². The van der Waals surface area contributed by atoms with Crippen LogP contribution in [-0.2, 0) is 6.54 Å². The van der Waals surface area contributed by atoms with Crippen molar-refractivity contribution < 1.29 is 0 Å². The molecule has 1 aromatic carbocycles. The van der Waals surface area contributed by atoms with Gasteiger partial charge in [0.25, 0.3) is 0 Å². The molecular weight excluding hydrogens is 220 g/mol. The van der Waals surface area contributed by atoms with Gasteiger partial charge in [-0.05, 0) is 58.3 Å². The number of nitrogens with one attached hydrogen (secondary N) is 1. The van der Waals surface area contributed by atoms with Gasteiger partial charge < -0.3 is 5.32 Å². The Balaban J connectivity index is 1.98. The maximum atomic E-state index is 3.32. The second-order valence-electron chi connectivity index (χ2n) is 6.14. The summed E-state index contributed by atoms with van der Waals surface area (Å²) >= 11 is 0. The van der Waals surface area contributed by atoms with Crippen LogP contribution in [0.25, 0.3) is 0 Å². The van der Waals surface area contributed by atoms with Crippen molar-refractivity contribution >= 4 is 0 Å². The van der Waals surface area contributed by atoms with Gasteiger partial charge in [-0.1, -0.05) is 30.3 Å². The summed E-state index contributed by atoms with van der Waals surface area (Å²) in [5, 5.41) is 3.32. The third-order valence-corrected chi connectivity index (χ3v) is 4.16. The van der Waals surface area contributed by atoms with E-state index in [-0.39, 0.29) is 0 Å². The Morgan fingerprint density at radius 1 is 1.28 bits per heavy atom. The lowest BCUT2D eigenvalue weighted by Crippen LogP contribution is -2.50. The Hall–Kier alpha value is -0.860. The number of benzene rings is 1. The molecule has 0 aromatic heterocycles. The van der Waals surface area contributed by atoms with Gasteiger partial charge in [0.2, 0.25) is 0 Å². The SMILES string of the molecule is CNCC1CCN(Cc2ccccc2)C(C)(C)C1. The van der Waals surface area contributed by atoms with Crippen molar-refractivity contribution in [1.29, 1.82) is 0 Å². The Kier molecular flexibility index (Phi) is 4.41. The number of rotatable bonds is 4. The summed E-state index contributed by atoms with van der Waals surface area (Å²) < 4.78 is 0. The first-order valence-electron chi connectivity index (χ1n) is 7.05. The van der Waals surface area contributed by atoms with E-state index >= 15 is 0 Å². The Labute approximate surface area is 111 Å². The van der Waals surface area contributed by atoms with E-state index in [4.69, 9.17) is 0 Å². The van der Waals surface area contributed by atoms with E-state index in [1.165, 1.54) is 24.9 Å². The van der Waals surface area contributed by atoms with Gasteiger partial charge in [0.1, 0.15) is 0 Å². The average molecular weight is 246 g/mol. The van der Waals surface area contributed by atoms with Crippen LogP contribution in [0, 0.1) is 5.92 Å². The summed E-state index contributed by atoms with van der Waals surface area (Å²) in [6, 6.07) is 10.8. The first-order valence-corrected chi connectivity index (χ1v) is 7.05. The molecule has 1 aromatic rings. The highest BCUT2D eigenvalue weighted by molar-refractivity contribution is 5.15. The third-order valence-electron chi connectivity index (χ3n) is 4.16. The zero-order chi connectivity index (χ0) is 13.0. The van der Waals surface area contributed by atoms with E-state index in [9.17, 15) is 0 Å². The molecule has 1 heterocycles. The number of likely N-dealkylation sites (tertiary alicyclic amines) is 1. The van der Waals surface area contributed by atoms with Crippen molar-refractivity contribution in [3.8, 4) is 0 Å². The van der Waals surface area contributed by atoms with Crippen LogP contribution >= 0.6 is 0 Å². The van der Waals surface area contributed by atoms with E-state index in [1.807, 2.05) is 0 Å².